The summed E-state index contributed by atoms with van der Waals surface area (Å²) in [5.41, 5.74) is 8.78. The van der Waals surface area contributed by atoms with Crippen LogP contribution >= 0.6 is 0 Å². The summed E-state index contributed by atoms with van der Waals surface area (Å²) in [6.07, 6.45) is 2.76. The van der Waals surface area contributed by atoms with Gasteiger partial charge >= 0.3 is 0 Å². The summed E-state index contributed by atoms with van der Waals surface area (Å²) in [6, 6.07) is 2.45. The zero-order chi connectivity index (χ0) is 10.3. The predicted molar refractivity (Wildman–Crippen MR) is 56.4 cm³/mol. The number of rotatable bonds is 1. The minimum Gasteiger partial charge on any atom is -0.308 e. The van der Waals surface area contributed by atoms with Crippen molar-refractivity contribution in [2.45, 2.75) is 19.4 Å². The smallest absolute Gasteiger partial charge is 0.144 e. The van der Waals surface area contributed by atoms with Crippen molar-refractivity contribution in [3.63, 3.8) is 0 Å². The molecule has 80 valence electrons. The SMILES string of the molecule is CC1CC2=C(CN1)NNN2c1ccn[nH]1. The van der Waals surface area contributed by atoms with Crippen molar-refractivity contribution in [3.8, 4) is 0 Å². The number of aromatic nitrogens is 2. The van der Waals surface area contributed by atoms with Crippen LogP contribution in [0.3, 0.4) is 0 Å². The first kappa shape index (κ1) is 8.75. The van der Waals surface area contributed by atoms with Gasteiger partial charge in [-0.05, 0) is 6.92 Å². The van der Waals surface area contributed by atoms with Gasteiger partial charge in [-0.2, -0.15) is 5.10 Å². The normalized spacial score (nSPS) is 25.4. The van der Waals surface area contributed by atoms with Crippen LogP contribution in [-0.2, 0) is 0 Å². The fourth-order valence-corrected chi connectivity index (χ4v) is 1.98. The molecule has 4 N–H and O–H groups in total. The lowest BCUT2D eigenvalue weighted by atomic mass is 10.1. The molecule has 1 aromatic rings. The molecule has 2 aliphatic rings. The molecule has 1 atom stereocenters. The number of nitrogens with one attached hydrogen (secondary N) is 4. The van der Waals surface area contributed by atoms with Gasteiger partial charge in [-0.3, -0.25) is 5.10 Å². The van der Waals surface area contributed by atoms with E-state index in [9.17, 15) is 0 Å². The van der Waals surface area contributed by atoms with Crippen LogP contribution in [0.2, 0.25) is 0 Å². The molecule has 2 aliphatic heterocycles. The second-order valence-corrected chi connectivity index (χ2v) is 3.93. The molecular formula is C9H14N6. The van der Waals surface area contributed by atoms with Crippen LogP contribution in [0.4, 0.5) is 5.82 Å². The van der Waals surface area contributed by atoms with Crippen LogP contribution in [0, 0.1) is 0 Å². The number of nitrogens with zero attached hydrogens (tertiary/aromatic N) is 2. The van der Waals surface area contributed by atoms with Crippen molar-refractivity contribution >= 4 is 5.82 Å². The third kappa shape index (κ3) is 1.38. The van der Waals surface area contributed by atoms with E-state index in [0.717, 1.165) is 18.8 Å². The van der Waals surface area contributed by atoms with Gasteiger partial charge in [-0.1, -0.05) is 0 Å². The van der Waals surface area contributed by atoms with E-state index in [-0.39, 0.29) is 0 Å². The molecule has 0 saturated carbocycles. The summed E-state index contributed by atoms with van der Waals surface area (Å²) in [5, 5.41) is 12.3. The molecule has 6 heteroatoms. The first-order valence-corrected chi connectivity index (χ1v) is 5.11. The Morgan fingerprint density at radius 3 is 3.27 bits per heavy atom. The number of aromatic amines is 1. The summed E-state index contributed by atoms with van der Waals surface area (Å²) < 4.78 is 0. The highest BCUT2D eigenvalue weighted by Crippen LogP contribution is 2.24. The van der Waals surface area contributed by atoms with Gasteiger partial charge in [-0.15, -0.1) is 5.53 Å². The molecule has 0 radical (unpaired) electrons. The highest BCUT2D eigenvalue weighted by Gasteiger charge is 2.28. The van der Waals surface area contributed by atoms with Crippen LogP contribution in [0.1, 0.15) is 13.3 Å². The van der Waals surface area contributed by atoms with Crippen LogP contribution in [0.5, 0.6) is 0 Å². The minimum atomic E-state index is 0.510. The highest BCUT2D eigenvalue weighted by atomic mass is 15.7. The van der Waals surface area contributed by atoms with Crippen molar-refractivity contribution in [1.29, 1.82) is 0 Å². The van der Waals surface area contributed by atoms with Crippen LogP contribution < -0.4 is 21.3 Å². The van der Waals surface area contributed by atoms with E-state index in [4.69, 9.17) is 0 Å². The summed E-state index contributed by atoms with van der Waals surface area (Å²) in [6.45, 7) is 3.07. The third-order valence-corrected chi connectivity index (χ3v) is 2.79. The van der Waals surface area contributed by atoms with E-state index >= 15 is 0 Å². The van der Waals surface area contributed by atoms with E-state index in [1.54, 1.807) is 6.20 Å². The molecule has 1 aromatic heterocycles. The fourth-order valence-electron chi connectivity index (χ4n) is 1.98. The molecule has 3 rings (SSSR count). The highest BCUT2D eigenvalue weighted by molar-refractivity contribution is 5.47. The summed E-state index contributed by atoms with van der Waals surface area (Å²) in [7, 11) is 0. The molecular weight excluding hydrogens is 192 g/mol. The van der Waals surface area contributed by atoms with Crippen LogP contribution in [0.15, 0.2) is 23.7 Å². The lowest BCUT2D eigenvalue weighted by Gasteiger charge is -2.24. The Labute approximate surface area is 87.7 Å². The largest absolute Gasteiger partial charge is 0.308 e. The van der Waals surface area contributed by atoms with Crippen molar-refractivity contribution in [2.24, 2.45) is 0 Å². The van der Waals surface area contributed by atoms with Gasteiger partial charge in [0.1, 0.15) is 5.82 Å². The van der Waals surface area contributed by atoms with Crippen molar-refractivity contribution in [1.82, 2.24) is 26.5 Å². The molecule has 15 heavy (non-hydrogen) atoms. The van der Waals surface area contributed by atoms with Crippen LogP contribution in [0.25, 0.3) is 0 Å². The predicted octanol–water partition coefficient (Wildman–Crippen LogP) is -0.168. The molecule has 0 spiro atoms. The van der Waals surface area contributed by atoms with Gasteiger partial charge in [0, 0.05) is 25.1 Å². The number of hydrazine groups is 2. The van der Waals surface area contributed by atoms with E-state index in [1.165, 1.54) is 11.4 Å². The van der Waals surface area contributed by atoms with E-state index in [1.807, 2.05) is 11.1 Å². The second kappa shape index (κ2) is 3.25. The monoisotopic (exact) mass is 206 g/mol. The second-order valence-electron chi connectivity index (χ2n) is 3.93. The minimum absolute atomic E-state index is 0.510. The van der Waals surface area contributed by atoms with Gasteiger partial charge in [-0.25, -0.2) is 5.01 Å². The van der Waals surface area contributed by atoms with E-state index in [0.29, 0.717) is 6.04 Å². The van der Waals surface area contributed by atoms with Gasteiger partial charge in [0.05, 0.1) is 17.6 Å². The Balaban J connectivity index is 1.91. The molecule has 0 saturated heterocycles. The third-order valence-electron chi connectivity index (χ3n) is 2.79. The zero-order valence-corrected chi connectivity index (χ0v) is 8.54. The maximum Gasteiger partial charge on any atom is 0.144 e. The number of hydrogen-bond acceptors (Lipinski definition) is 5. The van der Waals surface area contributed by atoms with Gasteiger partial charge in [0.15, 0.2) is 0 Å². The maximum absolute atomic E-state index is 3.95. The fraction of sp³-hybridized carbons (Fsp3) is 0.444. The Bertz CT molecular complexity index is 381. The van der Waals surface area contributed by atoms with E-state index in [2.05, 4.69) is 33.4 Å². The lowest BCUT2D eigenvalue weighted by Crippen LogP contribution is -2.38. The lowest BCUT2D eigenvalue weighted by molar-refractivity contribution is 0.533. The first-order chi connectivity index (χ1) is 7.34. The Kier molecular flexibility index (Phi) is 1.90. The van der Waals surface area contributed by atoms with Crippen LogP contribution in [-0.4, -0.2) is 22.8 Å². The maximum atomic E-state index is 3.95. The van der Waals surface area contributed by atoms with Crippen molar-refractivity contribution in [3.05, 3.63) is 23.7 Å². The Morgan fingerprint density at radius 2 is 2.47 bits per heavy atom. The Morgan fingerprint density at radius 1 is 1.53 bits per heavy atom. The molecule has 0 aromatic carbocycles. The van der Waals surface area contributed by atoms with Gasteiger partial charge < -0.3 is 10.7 Å². The topological polar surface area (TPSA) is 68.0 Å². The molecule has 1 unspecified atom stereocenters. The van der Waals surface area contributed by atoms with Crippen molar-refractivity contribution in [2.75, 3.05) is 11.6 Å². The summed E-state index contributed by atoms with van der Waals surface area (Å²) >= 11 is 0. The van der Waals surface area contributed by atoms with Gasteiger partial charge in [0.25, 0.3) is 0 Å². The number of H-pyrrole nitrogens is 1. The van der Waals surface area contributed by atoms with Gasteiger partial charge in [0.2, 0.25) is 0 Å². The Hall–Kier alpha value is -1.53. The average molecular weight is 206 g/mol. The van der Waals surface area contributed by atoms with Crippen molar-refractivity contribution < 1.29 is 0 Å². The summed E-state index contributed by atoms with van der Waals surface area (Å²) in [5.74, 6) is 0.960. The molecule has 0 aliphatic carbocycles. The molecule has 0 fully saturated rings. The standard InChI is InChI=1S/C9H14N6/c1-6-4-8-7(5-10-6)12-14-15(8)9-2-3-11-13-9/h2-3,6,10,12,14H,4-5H2,1H3,(H,11,13). The van der Waals surface area contributed by atoms with E-state index < -0.39 is 0 Å². The molecule has 0 amide bonds. The number of hydrogen-bond donors (Lipinski definition) is 4. The molecule has 6 nitrogen and oxygen atoms in total. The number of anilines is 1. The summed E-state index contributed by atoms with van der Waals surface area (Å²) in [4.78, 5) is 0. The molecule has 3 heterocycles. The quantitative estimate of drug-likeness (QED) is 0.514. The average Bonchev–Trinajstić information content (AvgIpc) is 2.83. The molecule has 0 bridgehead atoms. The zero-order valence-electron chi connectivity index (χ0n) is 8.54. The first-order valence-electron chi connectivity index (χ1n) is 5.11.